The summed E-state index contributed by atoms with van der Waals surface area (Å²) in [5.41, 5.74) is 2.72. The zero-order valence-electron chi connectivity index (χ0n) is 15.3. The minimum Gasteiger partial charge on any atom is -0.486 e. The predicted octanol–water partition coefficient (Wildman–Crippen LogP) is 3.70. The third kappa shape index (κ3) is 3.24. The first-order valence-electron chi connectivity index (χ1n) is 8.97. The SMILES string of the molecule is Cc1c(CC(=O)O)c2cc3c(cc2n1C(=O)C=Cc1ccccc1)OCCO3. The summed E-state index contributed by atoms with van der Waals surface area (Å²) in [6.07, 6.45) is 3.05. The van der Waals surface area contributed by atoms with E-state index in [4.69, 9.17) is 9.47 Å². The van der Waals surface area contributed by atoms with Gasteiger partial charge in [0.05, 0.1) is 11.9 Å². The second-order valence-corrected chi connectivity index (χ2v) is 6.57. The number of benzene rings is 2. The molecule has 0 radical (unpaired) electrons. The van der Waals surface area contributed by atoms with Gasteiger partial charge in [-0.15, -0.1) is 0 Å². The van der Waals surface area contributed by atoms with Crippen molar-refractivity contribution < 1.29 is 24.2 Å². The molecule has 6 nitrogen and oxygen atoms in total. The average Bonchev–Trinajstić information content (AvgIpc) is 2.95. The number of hydrogen-bond acceptors (Lipinski definition) is 4. The van der Waals surface area contributed by atoms with Crippen LogP contribution in [0.15, 0.2) is 48.5 Å². The standard InChI is InChI=1S/C22H19NO5/c1-14-16(12-22(25)26)17-11-19-20(28-10-9-27-19)13-18(17)23(14)21(24)8-7-15-5-3-2-4-6-15/h2-8,11,13H,9-10,12H2,1H3,(H,25,26). The third-order valence-electron chi connectivity index (χ3n) is 4.77. The van der Waals surface area contributed by atoms with Gasteiger partial charge in [-0.3, -0.25) is 14.2 Å². The minimum atomic E-state index is -0.954. The van der Waals surface area contributed by atoms with Crippen LogP contribution in [0.25, 0.3) is 17.0 Å². The molecule has 0 amide bonds. The van der Waals surface area contributed by atoms with Gasteiger partial charge in [0.2, 0.25) is 0 Å². The Morgan fingerprint density at radius 1 is 1.11 bits per heavy atom. The van der Waals surface area contributed by atoms with Gasteiger partial charge in [0.25, 0.3) is 5.91 Å². The fourth-order valence-corrected chi connectivity index (χ4v) is 3.48. The molecule has 0 spiro atoms. The fraction of sp³-hybridized carbons (Fsp3) is 0.182. The van der Waals surface area contributed by atoms with E-state index >= 15 is 0 Å². The Balaban J connectivity index is 1.84. The first kappa shape index (κ1) is 17.9. The molecule has 2 aromatic carbocycles. The van der Waals surface area contributed by atoms with Gasteiger partial charge in [0, 0.05) is 23.2 Å². The van der Waals surface area contributed by atoms with Crippen molar-refractivity contribution in [1.29, 1.82) is 0 Å². The zero-order valence-corrected chi connectivity index (χ0v) is 15.3. The maximum absolute atomic E-state index is 13.0. The van der Waals surface area contributed by atoms with Gasteiger partial charge in [0.15, 0.2) is 11.5 Å². The molecule has 0 unspecified atom stereocenters. The van der Waals surface area contributed by atoms with Crippen LogP contribution in [-0.4, -0.2) is 34.8 Å². The number of carboxylic acids is 1. The lowest BCUT2D eigenvalue weighted by molar-refractivity contribution is -0.136. The summed E-state index contributed by atoms with van der Waals surface area (Å²) in [6.45, 7) is 2.63. The molecule has 1 aliphatic rings. The summed E-state index contributed by atoms with van der Waals surface area (Å²) >= 11 is 0. The highest BCUT2D eigenvalue weighted by Crippen LogP contribution is 2.38. The lowest BCUT2D eigenvalue weighted by Crippen LogP contribution is -2.15. The van der Waals surface area contributed by atoms with E-state index in [2.05, 4.69) is 0 Å². The number of carbonyl (C=O) groups excluding carboxylic acids is 1. The van der Waals surface area contributed by atoms with E-state index in [0.717, 1.165) is 5.56 Å². The van der Waals surface area contributed by atoms with Crippen LogP contribution < -0.4 is 9.47 Å². The summed E-state index contributed by atoms with van der Waals surface area (Å²) in [5.74, 6) is -0.0852. The number of aliphatic carboxylic acids is 1. The molecule has 1 aliphatic heterocycles. The number of carbonyl (C=O) groups is 2. The van der Waals surface area contributed by atoms with Crippen LogP contribution >= 0.6 is 0 Å². The van der Waals surface area contributed by atoms with Crippen molar-refractivity contribution in [3.8, 4) is 11.5 Å². The van der Waals surface area contributed by atoms with Crippen molar-refractivity contribution in [3.05, 3.63) is 65.4 Å². The molecule has 1 aromatic heterocycles. The molecule has 142 valence electrons. The van der Waals surface area contributed by atoms with Gasteiger partial charge in [-0.2, -0.15) is 0 Å². The monoisotopic (exact) mass is 377 g/mol. The Morgan fingerprint density at radius 3 is 2.46 bits per heavy atom. The highest BCUT2D eigenvalue weighted by molar-refractivity contribution is 6.04. The van der Waals surface area contributed by atoms with Crippen molar-refractivity contribution in [1.82, 2.24) is 4.57 Å². The number of carboxylic acid groups (broad SMARTS) is 1. The maximum atomic E-state index is 13.0. The Labute approximate surface area is 161 Å². The molecule has 0 saturated carbocycles. The van der Waals surface area contributed by atoms with Crippen LogP contribution in [0, 0.1) is 6.92 Å². The summed E-state index contributed by atoms with van der Waals surface area (Å²) in [4.78, 5) is 24.4. The normalized spacial score (nSPS) is 13.2. The van der Waals surface area contributed by atoms with Crippen molar-refractivity contribution in [2.75, 3.05) is 13.2 Å². The number of aromatic nitrogens is 1. The largest absolute Gasteiger partial charge is 0.486 e. The van der Waals surface area contributed by atoms with Crippen LogP contribution in [0.2, 0.25) is 0 Å². The van der Waals surface area contributed by atoms with E-state index in [-0.39, 0.29) is 12.3 Å². The molecule has 0 bridgehead atoms. The Bertz CT molecular complexity index is 1100. The highest BCUT2D eigenvalue weighted by atomic mass is 16.6. The quantitative estimate of drug-likeness (QED) is 0.702. The fourth-order valence-electron chi connectivity index (χ4n) is 3.48. The van der Waals surface area contributed by atoms with Crippen LogP contribution in [0.1, 0.15) is 21.6 Å². The van der Waals surface area contributed by atoms with Crippen molar-refractivity contribution in [3.63, 3.8) is 0 Å². The summed E-state index contributed by atoms with van der Waals surface area (Å²) in [5, 5.41) is 10.0. The highest BCUT2D eigenvalue weighted by Gasteiger charge is 2.23. The van der Waals surface area contributed by atoms with E-state index in [0.29, 0.717) is 46.9 Å². The van der Waals surface area contributed by atoms with Crippen molar-refractivity contribution in [2.45, 2.75) is 13.3 Å². The van der Waals surface area contributed by atoms with Crippen LogP contribution in [0.5, 0.6) is 11.5 Å². The van der Waals surface area contributed by atoms with Crippen LogP contribution in [0.3, 0.4) is 0 Å². The molecule has 6 heteroatoms. The van der Waals surface area contributed by atoms with Gasteiger partial charge < -0.3 is 14.6 Å². The molecule has 0 saturated heterocycles. The second-order valence-electron chi connectivity index (χ2n) is 6.57. The summed E-state index contributed by atoms with van der Waals surface area (Å²) in [7, 11) is 0. The zero-order chi connectivity index (χ0) is 19.7. The molecule has 1 N–H and O–H groups in total. The maximum Gasteiger partial charge on any atom is 0.307 e. The Hall–Kier alpha value is -3.54. The second kappa shape index (κ2) is 7.23. The van der Waals surface area contributed by atoms with E-state index in [1.807, 2.05) is 30.3 Å². The molecular formula is C22H19NO5. The lowest BCUT2D eigenvalue weighted by Gasteiger charge is -2.18. The van der Waals surface area contributed by atoms with Gasteiger partial charge in [-0.25, -0.2) is 0 Å². The molecule has 28 heavy (non-hydrogen) atoms. The van der Waals surface area contributed by atoms with E-state index < -0.39 is 5.97 Å². The van der Waals surface area contributed by atoms with Crippen LogP contribution in [-0.2, 0) is 11.2 Å². The number of ether oxygens (including phenoxy) is 2. The van der Waals surface area contributed by atoms with Gasteiger partial charge >= 0.3 is 5.97 Å². The minimum absolute atomic E-state index is 0.176. The van der Waals surface area contributed by atoms with E-state index in [9.17, 15) is 14.7 Å². The van der Waals surface area contributed by atoms with E-state index in [1.54, 1.807) is 25.1 Å². The molecule has 4 rings (SSSR count). The average molecular weight is 377 g/mol. The molecule has 0 aliphatic carbocycles. The van der Waals surface area contributed by atoms with Crippen molar-refractivity contribution >= 4 is 28.9 Å². The smallest absolute Gasteiger partial charge is 0.307 e. The Morgan fingerprint density at radius 2 is 1.79 bits per heavy atom. The number of nitrogens with zero attached hydrogens (tertiary/aromatic N) is 1. The van der Waals surface area contributed by atoms with Crippen molar-refractivity contribution in [2.24, 2.45) is 0 Å². The number of hydrogen-bond donors (Lipinski definition) is 1. The predicted molar refractivity (Wildman–Crippen MR) is 105 cm³/mol. The first-order chi connectivity index (χ1) is 13.5. The summed E-state index contributed by atoms with van der Waals surface area (Å²) < 4.78 is 12.8. The number of rotatable bonds is 4. The molecule has 0 atom stereocenters. The van der Waals surface area contributed by atoms with Gasteiger partial charge in [-0.05, 0) is 30.2 Å². The Kier molecular flexibility index (Phi) is 4.61. The lowest BCUT2D eigenvalue weighted by atomic mass is 10.1. The third-order valence-corrected chi connectivity index (χ3v) is 4.77. The van der Waals surface area contributed by atoms with Crippen LogP contribution in [0.4, 0.5) is 0 Å². The topological polar surface area (TPSA) is 77.8 Å². The first-order valence-corrected chi connectivity index (χ1v) is 8.97. The molecule has 2 heterocycles. The van der Waals surface area contributed by atoms with E-state index in [1.165, 1.54) is 10.6 Å². The molecule has 3 aromatic rings. The number of allylic oxidation sites excluding steroid dienone is 1. The van der Waals surface area contributed by atoms with Gasteiger partial charge in [-0.1, -0.05) is 30.3 Å². The van der Waals surface area contributed by atoms with Gasteiger partial charge in [0.1, 0.15) is 13.2 Å². The summed E-state index contributed by atoms with van der Waals surface area (Å²) in [6, 6.07) is 13.0. The molecular weight excluding hydrogens is 358 g/mol. The molecule has 0 fully saturated rings. The number of fused-ring (bicyclic) bond motifs is 2.